The predicted molar refractivity (Wildman–Crippen MR) is 157 cm³/mol. The molecule has 1 amide bonds. The van der Waals surface area contributed by atoms with E-state index in [4.69, 9.17) is 4.74 Å². The number of hydrogen-bond acceptors (Lipinski definition) is 7. The monoisotopic (exact) mass is 547 g/mol. The molecule has 1 saturated heterocycles. The molecular weight excluding hydrogens is 514 g/mol. The average molecular weight is 548 g/mol. The van der Waals surface area contributed by atoms with Gasteiger partial charge < -0.3 is 15.0 Å². The third-order valence-electron chi connectivity index (χ3n) is 7.78. The minimum Gasteiger partial charge on any atom is -0.457 e. The Morgan fingerprint density at radius 1 is 0.878 bits per heavy atom. The van der Waals surface area contributed by atoms with Gasteiger partial charge in [-0.2, -0.15) is 0 Å². The molecule has 3 heterocycles. The molecule has 0 bridgehead atoms. The number of para-hydroxylation sites is 1. The maximum Gasteiger partial charge on any atom is 0.270 e. The smallest absolute Gasteiger partial charge is 0.270 e. The third kappa shape index (κ3) is 6.61. The van der Waals surface area contributed by atoms with Gasteiger partial charge in [0.2, 0.25) is 0 Å². The quantitative estimate of drug-likeness (QED) is 0.342. The van der Waals surface area contributed by atoms with Crippen molar-refractivity contribution < 1.29 is 14.3 Å². The summed E-state index contributed by atoms with van der Waals surface area (Å²) in [6.45, 7) is 4.78. The van der Waals surface area contributed by atoms with Crippen LogP contribution >= 0.6 is 0 Å². The lowest BCUT2D eigenvalue weighted by Gasteiger charge is -2.36. The normalized spacial score (nSPS) is 17.4. The van der Waals surface area contributed by atoms with Crippen LogP contribution in [0.5, 0.6) is 11.5 Å². The minimum atomic E-state index is -0.555. The zero-order valence-corrected chi connectivity index (χ0v) is 22.9. The first-order chi connectivity index (χ1) is 20.1. The van der Waals surface area contributed by atoms with Crippen LogP contribution in [0.25, 0.3) is 0 Å². The molecule has 8 nitrogen and oxygen atoms in total. The Kier molecular flexibility index (Phi) is 8.00. The Hall–Kier alpha value is -4.56. The summed E-state index contributed by atoms with van der Waals surface area (Å²) in [5.41, 5.74) is 4.90. The van der Waals surface area contributed by atoms with E-state index in [1.54, 1.807) is 18.3 Å². The summed E-state index contributed by atoms with van der Waals surface area (Å²) in [5.74, 6) is 0.840. The number of rotatable bonds is 7. The molecule has 1 atom stereocenters. The van der Waals surface area contributed by atoms with Gasteiger partial charge in [-0.15, -0.1) is 0 Å². The minimum absolute atomic E-state index is 0.0249. The molecule has 1 N–H and O–H groups in total. The van der Waals surface area contributed by atoms with Gasteiger partial charge in [-0.25, -0.2) is 0 Å². The highest BCUT2D eigenvalue weighted by molar-refractivity contribution is 5.97. The standard InChI is InChI=1S/C33H33N5O3/c39-32-21-26-20-24(23-37-16-18-38(19-17-37)27-10-13-34-14-11-27)6-7-25(26)8-9-30(32)36-33(40)31-22-29(12-15-35-31)41-28-4-2-1-3-5-28/h1-7,10-15,20,22,30H,8-9,16-19,21,23H2,(H,36,40). The van der Waals surface area contributed by atoms with E-state index in [1.807, 2.05) is 42.7 Å². The molecule has 1 aliphatic carbocycles. The van der Waals surface area contributed by atoms with Crippen LogP contribution in [0, 0.1) is 0 Å². The van der Waals surface area contributed by atoms with Crippen molar-refractivity contribution in [1.29, 1.82) is 0 Å². The number of pyridine rings is 2. The van der Waals surface area contributed by atoms with E-state index in [1.165, 1.54) is 16.8 Å². The molecule has 6 rings (SSSR count). The Balaban J connectivity index is 1.05. The van der Waals surface area contributed by atoms with Crippen molar-refractivity contribution in [3.63, 3.8) is 0 Å². The first kappa shape index (κ1) is 26.7. The Bertz CT molecular complexity index is 1500. The van der Waals surface area contributed by atoms with E-state index < -0.39 is 6.04 Å². The molecule has 4 aromatic rings. The lowest BCUT2D eigenvalue weighted by molar-refractivity contribution is -0.120. The number of piperazine rings is 1. The van der Waals surface area contributed by atoms with Crippen molar-refractivity contribution in [2.75, 3.05) is 31.1 Å². The number of aromatic nitrogens is 2. The number of hydrogen-bond donors (Lipinski definition) is 1. The van der Waals surface area contributed by atoms with Crippen LogP contribution in [0.3, 0.4) is 0 Å². The molecule has 0 saturated carbocycles. The highest BCUT2D eigenvalue weighted by Gasteiger charge is 2.27. The molecule has 2 aliphatic rings. The van der Waals surface area contributed by atoms with Crippen LogP contribution in [0.4, 0.5) is 5.69 Å². The largest absolute Gasteiger partial charge is 0.457 e. The van der Waals surface area contributed by atoms with Crippen molar-refractivity contribution in [2.45, 2.75) is 31.8 Å². The summed E-state index contributed by atoms with van der Waals surface area (Å²) in [7, 11) is 0. The predicted octanol–water partition coefficient (Wildman–Crippen LogP) is 4.45. The lowest BCUT2D eigenvalue weighted by Crippen LogP contribution is -2.46. The van der Waals surface area contributed by atoms with Gasteiger partial charge in [0.15, 0.2) is 5.78 Å². The molecule has 1 fully saturated rings. The van der Waals surface area contributed by atoms with E-state index in [-0.39, 0.29) is 17.4 Å². The molecule has 41 heavy (non-hydrogen) atoms. The Morgan fingerprint density at radius 3 is 2.49 bits per heavy atom. The zero-order chi connectivity index (χ0) is 28.0. The van der Waals surface area contributed by atoms with Crippen molar-refractivity contribution in [1.82, 2.24) is 20.2 Å². The molecular formula is C33H33N5O3. The maximum absolute atomic E-state index is 13.2. The van der Waals surface area contributed by atoms with Gasteiger partial charge in [0, 0.05) is 69.5 Å². The lowest BCUT2D eigenvalue weighted by atomic mass is 9.99. The van der Waals surface area contributed by atoms with Crippen LogP contribution in [0.2, 0.25) is 0 Å². The molecule has 1 unspecified atom stereocenters. The summed E-state index contributed by atoms with van der Waals surface area (Å²) in [6, 6.07) is 22.7. The van der Waals surface area contributed by atoms with Crippen LogP contribution in [0.1, 0.15) is 33.6 Å². The Morgan fingerprint density at radius 2 is 1.68 bits per heavy atom. The Labute approximate surface area is 240 Å². The van der Waals surface area contributed by atoms with Crippen LogP contribution < -0.4 is 15.0 Å². The van der Waals surface area contributed by atoms with Crippen LogP contribution in [0.15, 0.2) is 91.4 Å². The average Bonchev–Trinajstić information content (AvgIpc) is 3.16. The second-order valence-corrected chi connectivity index (χ2v) is 10.6. The van der Waals surface area contributed by atoms with Gasteiger partial charge in [-0.05, 0) is 59.9 Å². The molecule has 1 aliphatic heterocycles. The fourth-order valence-corrected chi connectivity index (χ4v) is 5.54. The van der Waals surface area contributed by atoms with Gasteiger partial charge in [-0.3, -0.25) is 24.5 Å². The van der Waals surface area contributed by atoms with E-state index in [0.717, 1.165) is 44.7 Å². The zero-order valence-electron chi connectivity index (χ0n) is 22.9. The first-order valence-electron chi connectivity index (χ1n) is 14.1. The van der Waals surface area contributed by atoms with Crippen molar-refractivity contribution >= 4 is 17.4 Å². The molecule has 8 heteroatoms. The number of nitrogens with zero attached hydrogens (tertiary/aromatic N) is 4. The maximum atomic E-state index is 13.2. The van der Waals surface area contributed by atoms with E-state index >= 15 is 0 Å². The number of aryl methyl sites for hydroxylation is 1. The highest BCUT2D eigenvalue weighted by atomic mass is 16.5. The fourth-order valence-electron chi connectivity index (χ4n) is 5.54. The number of ether oxygens (including phenoxy) is 1. The molecule has 0 spiro atoms. The van der Waals surface area contributed by atoms with E-state index in [9.17, 15) is 9.59 Å². The summed E-state index contributed by atoms with van der Waals surface area (Å²) in [6.07, 6.45) is 6.83. The topological polar surface area (TPSA) is 87.7 Å². The number of ketones is 1. The molecule has 2 aromatic carbocycles. The van der Waals surface area contributed by atoms with Gasteiger partial charge in [0.25, 0.3) is 5.91 Å². The summed E-state index contributed by atoms with van der Waals surface area (Å²) in [4.78, 5) is 39.5. The fraction of sp³-hybridized carbons (Fsp3) is 0.273. The van der Waals surface area contributed by atoms with Crippen molar-refractivity contribution in [3.05, 3.63) is 114 Å². The number of benzene rings is 2. The number of fused-ring (bicyclic) bond motifs is 1. The van der Waals surface area contributed by atoms with E-state index in [0.29, 0.717) is 24.3 Å². The SMILES string of the molecule is O=C(NC1CCc2ccc(CN3CCN(c4ccncc4)CC3)cc2CC1=O)c1cc(Oc2ccccc2)ccn1. The number of Topliss-reactive ketones (excluding diaryl/α,β-unsaturated/α-hetero) is 1. The number of anilines is 1. The first-order valence-corrected chi connectivity index (χ1v) is 14.1. The summed E-state index contributed by atoms with van der Waals surface area (Å²) < 4.78 is 5.84. The molecule has 0 radical (unpaired) electrons. The van der Waals surface area contributed by atoms with Gasteiger partial charge in [0.05, 0.1) is 6.04 Å². The number of carbonyl (C=O) groups is 2. The van der Waals surface area contributed by atoms with Gasteiger partial charge in [-0.1, -0.05) is 36.4 Å². The molecule has 2 aromatic heterocycles. The third-order valence-corrected chi connectivity index (χ3v) is 7.78. The number of nitrogens with one attached hydrogen (secondary N) is 1. The van der Waals surface area contributed by atoms with E-state index in [2.05, 4.69) is 55.4 Å². The van der Waals surface area contributed by atoms with Gasteiger partial charge in [0.1, 0.15) is 17.2 Å². The number of carbonyl (C=O) groups excluding carboxylic acids is 2. The summed E-state index contributed by atoms with van der Waals surface area (Å²) in [5, 5.41) is 2.93. The second kappa shape index (κ2) is 12.3. The van der Waals surface area contributed by atoms with Crippen LogP contribution in [-0.4, -0.2) is 58.8 Å². The highest BCUT2D eigenvalue weighted by Crippen LogP contribution is 2.24. The van der Waals surface area contributed by atoms with Crippen molar-refractivity contribution in [3.8, 4) is 11.5 Å². The molecule has 208 valence electrons. The van der Waals surface area contributed by atoms with Gasteiger partial charge >= 0.3 is 0 Å². The summed E-state index contributed by atoms with van der Waals surface area (Å²) >= 11 is 0. The second-order valence-electron chi connectivity index (χ2n) is 10.6. The number of amides is 1. The van der Waals surface area contributed by atoms with Crippen molar-refractivity contribution in [2.24, 2.45) is 0 Å². The van der Waals surface area contributed by atoms with Crippen LogP contribution in [-0.2, 0) is 24.2 Å².